The molecule has 0 atom stereocenters. The van der Waals surface area contributed by atoms with Crippen LogP contribution in [-0.2, 0) is 6.42 Å². The fourth-order valence-electron chi connectivity index (χ4n) is 1.25. The van der Waals surface area contributed by atoms with E-state index in [1.165, 1.54) is 0 Å². The normalized spacial score (nSPS) is 10.3. The lowest BCUT2D eigenvalue weighted by Gasteiger charge is -1.95. The van der Waals surface area contributed by atoms with Gasteiger partial charge in [-0.1, -0.05) is 0 Å². The van der Waals surface area contributed by atoms with Crippen molar-refractivity contribution >= 4 is 5.97 Å². The Morgan fingerprint density at radius 2 is 2.38 bits per heavy atom. The molecular formula is C9H14N2O2. The zero-order valence-electron chi connectivity index (χ0n) is 7.85. The van der Waals surface area contributed by atoms with Gasteiger partial charge in [-0.25, -0.2) is 4.79 Å². The molecule has 72 valence electrons. The highest BCUT2D eigenvalue weighted by Gasteiger charge is 2.10. The Kier molecular flexibility index (Phi) is 3.08. The zero-order chi connectivity index (χ0) is 9.84. The molecule has 0 spiro atoms. The number of carboxylic acid groups (broad SMARTS) is 1. The third-order valence-corrected chi connectivity index (χ3v) is 1.93. The van der Waals surface area contributed by atoms with Gasteiger partial charge >= 0.3 is 5.97 Å². The van der Waals surface area contributed by atoms with E-state index in [1.807, 2.05) is 13.1 Å². The van der Waals surface area contributed by atoms with Crippen LogP contribution in [-0.4, -0.2) is 29.7 Å². The Hall–Kier alpha value is -1.29. The first-order chi connectivity index (χ1) is 6.15. The molecule has 0 fully saturated rings. The molecule has 0 amide bonds. The highest BCUT2D eigenvalue weighted by Crippen LogP contribution is 2.09. The summed E-state index contributed by atoms with van der Waals surface area (Å²) in [4.78, 5) is 13.5. The molecule has 1 aromatic heterocycles. The summed E-state index contributed by atoms with van der Waals surface area (Å²) in [6, 6.07) is 1.88. The number of hydrogen-bond donors (Lipinski definition) is 3. The molecule has 0 saturated heterocycles. The predicted molar refractivity (Wildman–Crippen MR) is 50.1 cm³/mol. The van der Waals surface area contributed by atoms with E-state index in [0.717, 1.165) is 24.2 Å². The van der Waals surface area contributed by atoms with Gasteiger partial charge in [-0.2, -0.15) is 0 Å². The minimum atomic E-state index is -0.895. The van der Waals surface area contributed by atoms with Crippen molar-refractivity contribution in [3.05, 3.63) is 23.0 Å². The van der Waals surface area contributed by atoms with E-state index in [9.17, 15) is 4.79 Å². The maximum absolute atomic E-state index is 10.7. The van der Waals surface area contributed by atoms with Crippen LogP contribution in [0.15, 0.2) is 6.07 Å². The SMILES string of the molecule is CNCCc1cc(C)c(C(=O)O)[nH]1. The Bertz CT molecular complexity index is 305. The molecule has 4 heteroatoms. The molecule has 13 heavy (non-hydrogen) atoms. The Morgan fingerprint density at radius 3 is 2.85 bits per heavy atom. The molecule has 0 aliphatic carbocycles. The molecule has 3 N–H and O–H groups in total. The van der Waals surface area contributed by atoms with E-state index in [0.29, 0.717) is 5.69 Å². The van der Waals surface area contributed by atoms with Crippen LogP contribution in [0.1, 0.15) is 21.7 Å². The molecule has 0 aliphatic heterocycles. The fraction of sp³-hybridized carbons (Fsp3) is 0.444. The number of likely N-dealkylation sites (N-methyl/N-ethyl adjacent to an activating group) is 1. The van der Waals surface area contributed by atoms with Crippen LogP contribution in [0.3, 0.4) is 0 Å². The van der Waals surface area contributed by atoms with Gasteiger partial charge < -0.3 is 15.4 Å². The molecule has 4 nitrogen and oxygen atoms in total. The Balaban J connectivity index is 2.76. The van der Waals surface area contributed by atoms with Gasteiger partial charge in [0.2, 0.25) is 0 Å². The summed E-state index contributed by atoms with van der Waals surface area (Å²) < 4.78 is 0. The predicted octanol–water partition coefficient (Wildman–Crippen LogP) is 0.783. The number of rotatable bonds is 4. The highest BCUT2D eigenvalue weighted by molar-refractivity contribution is 5.87. The van der Waals surface area contributed by atoms with Gasteiger partial charge in [0.15, 0.2) is 0 Å². The second-order valence-electron chi connectivity index (χ2n) is 3.01. The number of aromatic carboxylic acids is 1. The first-order valence-corrected chi connectivity index (χ1v) is 4.21. The van der Waals surface area contributed by atoms with Gasteiger partial charge in [0.1, 0.15) is 5.69 Å². The molecule has 0 aliphatic rings. The number of nitrogens with one attached hydrogen (secondary N) is 2. The van der Waals surface area contributed by atoms with Crippen molar-refractivity contribution in [2.24, 2.45) is 0 Å². The highest BCUT2D eigenvalue weighted by atomic mass is 16.4. The van der Waals surface area contributed by atoms with Gasteiger partial charge in [-0.15, -0.1) is 0 Å². The molecule has 1 aromatic rings. The fourth-order valence-corrected chi connectivity index (χ4v) is 1.25. The number of hydrogen-bond acceptors (Lipinski definition) is 2. The first kappa shape index (κ1) is 9.80. The van der Waals surface area contributed by atoms with Gasteiger partial charge in [0.05, 0.1) is 0 Å². The van der Waals surface area contributed by atoms with Crippen molar-refractivity contribution in [2.75, 3.05) is 13.6 Å². The number of carbonyl (C=O) groups is 1. The van der Waals surface area contributed by atoms with E-state index in [2.05, 4.69) is 10.3 Å². The topological polar surface area (TPSA) is 65.1 Å². The maximum atomic E-state index is 10.7. The molecule has 1 heterocycles. The molecule has 0 radical (unpaired) electrons. The number of aromatic nitrogens is 1. The van der Waals surface area contributed by atoms with Crippen LogP contribution in [0.5, 0.6) is 0 Å². The smallest absolute Gasteiger partial charge is 0.352 e. The lowest BCUT2D eigenvalue weighted by molar-refractivity contribution is 0.0690. The molecule has 0 unspecified atom stereocenters. The second-order valence-corrected chi connectivity index (χ2v) is 3.01. The minimum absolute atomic E-state index is 0.297. The van der Waals surface area contributed by atoms with Crippen molar-refractivity contribution < 1.29 is 9.90 Å². The average Bonchev–Trinajstić information content (AvgIpc) is 2.43. The summed E-state index contributed by atoms with van der Waals surface area (Å²) in [6.07, 6.45) is 0.824. The van der Waals surface area contributed by atoms with E-state index >= 15 is 0 Å². The van der Waals surface area contributed by atoms with Gasteiger partial charge in [0.25, 0.3) is 0 Å². The molecule has 0 bridgehead atoms. The third kappa shape index (κ3) is 2.32. The van der Waals surface area contributed by atoms with Crippen molar-refractivity contribution in [2.45, 2.75) is 13.3 Å². The lowest BCUT2D eigenvalue weighted by Crippen LogP contribution is -2.10. The summed E-state index contributed by atoms with van der Waals surface area (Å²) in [6.45, 7) is 2.64. The molecule has 0 aromatic carbocycles. The Morgan fingerprint density at radius 1 is 1.69 bits per heavy atom. The van der Waals surface area contributed by atoms with E-state index in [1.54, 1.807) is 6.92 Å². The molecule has 0 saturated carbocycles. The van der Waals surface area contributed by atoms with Gasteiger partial charge in [-0.3, -0.25) is 0 Å². The van der Waals surface area contributed by atoms with Crippen LogP contribution in [0.2, 0.25) is 0 Å². The quantitative estimate of drug-likeness (QED) is 0.644. The van der Waals surface area contributed by atoms with Crippen LogP contribution in [0.25, 0.3) is 0 Å². The summed E-state index contributed by atoms with van der Waals surface area (Å²) >= 11 is 0. The summed E-state index contributed by atoms with van der Waals surface area (Å²) in [5.41, 5.74) is 2.05. The van der Waals surface area contributed by atoms with E-state index < -0.39 is 5.97 Å². The van der Waals surface area contributed by atoms with E-state index in [-0.39, 0.29) is 0 Å². The van der Waals surface area contributed by atoms with E-state index in [4.69, 9.17) is 5.11 Å². The van der Waals surface area contributed by atoms with Crippen LogP contribution < -0.4 is 5.32 Å². The van der Waals surface area contributed by atoms with Crippen LogP contribution >= 0.6 is 0 Å². The second kappa shape index (κ2) is 4.09. The van der Waals surface area contributed by atoms with Crippen molar-refractivity contribution in [3.8, 4) is 0 Å². The molecular weight excluding hydrogens is 168 g/mol. The number of carboxylic acids is 1. The van der Waals surface area contributed by atoms with Crippen molar-refractivity contribution in [3.63, 3.8) is 0 Å². The minimum Gasteiger partial charge on any atom is -0.477 e. The monoisotopic (exact) mass is 182 g/mol. The number of H-pyrrole nitrogens is 1. The maximum Gasteiger partial charge on any atom is 0.352 e. The summed E-state index contributed by atoms with van der Waals surface area (Å²) in [5.74, 6) is -0.895. The Labute approximate surface area is 77.0 Å². The van der Waals surface area contributed by atoms with Crippen molar-refractivity contribution in [1.29, 1.82) is 0 Å². The number of aromatic amines is 1. The standard InChI is InChI=1S/C9H14N2O2/c1-6-5-7(3-4-10-2)11-8(6)9(12)13/h5,10-11H,3-4H2,1-2H3,(H,12,13). The zero-order valence-corrected chi connectivity index (χ0v) is 7.85. The summed E-state index contributed by atoms with van der Waals surface area (Å²) in [7, 11) is 1.87. The first-order valence-electron chi connectivity index (χ1n) is 4.21. The van der Waals surface area contributed by atoms with Gasteiger partial charge in [-0.05, 0) is 32.0 Å². The third-order valence-electron chi connectivity index (χ3n) is 1.93. The van der Waals surface area contributed by atoms with Crippen molar-refractivity contribution in [1.82, 2.24) is 10.3 Å². The lowest BCUT2D eigenvalue weighted by atomic mass is 10.2. The van der Waals surface area contributed by atoms with Crippen LogP contribution in [0.4, 0.5) is 0 Å². The van der Waals surface area contributed by atoms with Crippen LogP contribution in [0, 0.1) is 6.92 Å². The summed E-state index contributed by atoms with van der Waals surface area (Å²) in [5, 5.41) is 11.8. The molecule has 1 rings (SSSR count). The average molecular weight is 182 g/mol. The number of aryl methyl sites for hydroxylation is 1. The largest absolute Gasteiger partial charge is 0.477 e. The van der Waals surface area contributed by atoms with Gasteiger partial charge in [0, 0.05) is 12.2 Å².